The number of pyridine rings is 1. The predicted molar refractivity (Wildman–Crippen MR) is 109 cm³/mol. The number of aromatic nitrogens is 3. The molecule has 2 aliphatic rings. The zero-order valence-electron chi connectivity index (χ0n) is 17.2. The summed E-state index contributed by atoms with van der Waals surface area (Å²) in [4.78, 5) is 26.9. The topological polar surface area (TPSA) is 68.2 Å². The van der Waals surface area contributed by atoms with Crippen LogP contribution in [0.5, 0.6) is 5.88 Å². The summed E-state index contributed by atoms with van der Waals surface area (Å²) in [5.41, 5.74) is 0.0365. The minimum atomic E-state index is -4.47. The fourth-order valence-corrected chi connectivity index (χ4v) is 4.57. The van der Waals surface area contributed by atoms with E-state index in [2.05, 4.69) is 15.0 Å². The van der Waals surface area contributed by atoms with Crippen molar-refractivity contribution in [1.29, 1.82) is 0 Å². The molecule has 3 heterocycles. The van der Waals surface area contributed by atoms with Crippen LogP contribution in [0, 0.1) is 11.7 Å². The number of carbonyl (C=O) groups is 1. The molecule has 2 bridgehead atoms. The molecule has 5 rings (SSSR count). The Morgan fingerprint density at radius 1 is 1.00 bits per heavy atom. The number of ether oxygens (including phenoxy) is 1. The number of rotatable bonds is 4. The number of fused-ring (bicyclic) bond motifs is 2. The van der Waals surface area contributed by atoms with Gasteiger partial charge in [-0.3, -0.25) is 4.79 Å². The molecule has 3 aromatic rings. The highest BCUT2D eigenvalue weighted by atomic mass is 19.4. The first-order chi connectivity index (χ1) is 15.8. The highest BCUT2D eigenvalue weighted by Crippen LogP contribution is 2.41. The van der Waals surface area contributed by atoms with Crippen LogP contribution in [0.4, 0.5) is 17.6 Å². The van der Waals surface area contributed by atoms with Crippen LogP contribution in [0.3, 0.4) is 0 Å². The number of alkyl halides is 3. The summed E-state index contributed by atoms with van der Waals surface area (Å²) in [7, 11) is 0. The number of piperidine rings is 1. The van der Waals surface area contributed by atoms with Gasteiger partial charge in [0.25, 0.3) is 5.91 Å². The number of halogens is 4. The molecule has 3 atom stereocenters. The van der Waals surface area contributed by atoms with Gasteiger partial charge in [-0.25, -0.2) is 19.3 Å². The summed E-state index contributed by atoms with van der Waals surface area (Å²) in [6.45, 7) is 0.558. The van der Waals surface area contributed by atoms with Gasteiger partial charge in [0.1, 0.15) is 6.10 Å². The van der Waals surface area contributed by atoms with Crippen LogP contribution < -0.4 is 4.74 Å². The second kappa shape index (κ2) is 8.09. The van der Waals surface area contributed by atoms with Gasteiger partial charge in [0.05, 0.1) is 29.6 Å². The van der Waals surface area contributed by atoms with Gasteiger partial charge in [0.15, 0.2) is 11.6 Å². The fourth-order valence-electron chi connectivity index (χ4n) is 4.57. The molecule has 1 aliphatic carbocycles. The molecule has 10 heteroatoms. The summed E-state index contributed by atoms with van der Waals surface area (Å²) in [6.07, 6.45) is -0.574. The number of benzene rings is 1. The van der Waals surface area contributed by atoms with Gasteiger partial charge < -0.3 is 9.64 Å². The molecule has 1 saturated carbocycles. The lowest BCUT2D eigenvalue weighted by Crippen LogP contribution is -2.47. The third-order valence-corrected chi connectivity index (χ3v) is 6.04. The number of amides is 1. The minimum Gasteiger partial charge on any atom is -0.472 e. The van der Waals surface area contributed by atoms with E-state index in [4.69, 9.17) is 4.74 Å². The lowest BCUT2D eigenvalue weighted by molar-refractivity contribution is -0.137. The molecule has 170 valence electrons. The molecule has 1 aromatic carbocycles. The van der Waals surface area contributed by atoms with E-state index < -0.39 is 17.6 Å². The summed E-state index contributed by atoms with van der Waals surface area (Å²) in [6, 6.07) is 8.75. The first kappa shape index (κ1) is 21.3. The Labute approximate surface area is 186 Å². The summed E-state index contributed by atoms with van der Waals surface area (Å²) < 4.78 is 57.4. The third-order valence-electron chi connectivity index (χ3n) is 6.04. The standard InChI is InChI=1S/C23H18F4N4O2/c24-15-10-29-21(30-11-15)16-3-1-2-4-17(16)22(32)31-12-13-7-18(31)19(8-13)33-20-6-5-14(9-28-20)23(25,26)27/h1-6,9-11,13,18-19H,7-8,12H2/t13-,18+,19-/m1/s1. The van der Waals surface area contributed by atoms with E-state index in [0.717, 1.165) is 31.1 Å². The number of likely N-dealkylation sites (tertiary alicyclic amines) is 1. The SMILES string of the molecule is O=C(c1ccccc1-c1ncc(F)cn1)N1C[C@H]2C[C@@H](Oc3ccc(C(F)(F)F)cn3)[C@@H]1C2. The molecule has 0 spiro atoms. The van der Waals surface area contributed by atoms with E-state index in [-0.39, 0.29) is 35.7 Å². The molecule has 0 unspecified atom stereocenters. The van der Waals surface area contributed by atoms with Gasteiger partial charge >= 0.3 is 6.18 Å². The van der Waals surface area contributed by atoms with Crippen LogP contribution in [0.25, 0.3) is 11.4 Å². The predicted octanol–water partition coefficient (Wildman–Crippen LogP) is 4.38. The summed E-state index contributed by atoms with van der Waals surface area (Å²) in [5.74, 6) is -0.233. The maximum Gasteiger partial charge on any atom is 0.417 e. The van der Waals surface area contributed by atoms with Crippen LogP contribution in [-0.4, -0.2) is 44.4 Å². The summed E-state index contributed by atoms with van der Waals surface area (Å²) >= 11 is 0. The largest absolute Gasteiger partial charge is 0.472 e. The third kappa shape index (κ3) is 4.12. The van der Waals surface area contributed by atoms with Crippen LogP contribution >= 0.6 is 0 Å². The number of nitrogens with zero attached hydrogens (tertiary/aromatic N) is 4. The Morgan fingerprint density at radius 2 is 1.76 bits per heavy atom. The first-order valence-corrected chi connectivity index (χ1v) is 10.4. The van der Waals surface area contributed by atoms with Crippen molar-refractivity contribution < 1.29 is 27.1 Å². The normalized spacial score (nSPS) is 21.9. The number of carbonyl (C=O) groups excluding carboxylic acids is 1. The van der Waals surface area contributed by atoms with Crippen molar-refractivity contribution in [3.8, 4) is 17.3 Å². The molecule has 0 radical (unpaired) electrons. The van der Waals surface area contributed by atoms with Gasteiger partial charge in [0, 0.05) is 24.4 Å². The molecule has 1 saturated heterocycles. The van der Waals surface area contributed by atoms with Gasteiger partial charge in [-0.2, -0.15) is 13.2 Å². The van der Waals surface area contributed by atoms with Crippen molar-refractivity contribution in [3.63, 3.8) is 0 Å². The zero-order valence-corrected chi connectivity index (χ0v) is 17.2. The van der Waals surface area contributed by atoms with Gasteiger partial charge in [-0.1, -0.05) is 18.2 Å². The van der Waals surface area contributed by atoms with Gasteiger partial charge in [-0.15, -0.1) is 0 Å². The highest BCUT2D eigenvalue weighted by molar-refractivity contribution is 6.00. The highest BCUT2D eigenvalue weighted by Gasteiger charge is 2.48. The van der Waals surface area contributed by atoms with E-state index in [1.165, 1.54) is 6.07 Å². The van der Waals surface area contributed by atoms with Crippen molar-refractivity contribution in [2.75, 3.05) is 6.54 Å². The Morgan fingerprint density at radius 3 is 2.42 bits per heavy atom. The molecule has 1 amide bonds. The molecule has 33 heavy (non-hydrogen) atoms. The zero-order chi connectivity index (χ0) is 23.2. The number of hydrogen-bond donors (Lipinski definition) is 0. The van der Waals surface area contributed by atoms with Crippen LogP contribution in [0.1, 0.15) is 28.8 Å². The van der Waals surface area contributed by atoms with Crippen LogP contribution in [0.2, 0.25) is 0 Å². The lowest BCUT2D eigenvalue weighted by Gasteiger charge is -2.33. The quantitative estimate of drug-likeness (QED) is 0.543. The van der Waals surface area contributed by atoms with Crippen molar-refractivity contribution in [3.05, 3.63) is 71.9 Å². The number of hydrogen-bond acceptors (Lipinski definition) is 5. The molecule has 1 aliphatic heterocycles. The van der Waals surface area contributed by atoms with E-state index in [1.54, 1.807) is 29.2 Å². The molecule has 0 N–H and O–H groups in total. The molecular formula is C23H18F4N4O2. The average Bonchev–Trinajstić information content (AvgIpc) is 3.40. The van der Waals surface area contributed by atoms with E-state index in [1.807, 2.05) is 0 Å². The van der Waals surface area contributed by atoms with Crippen molar-refractivity contribution in [1.82, 2.24) is 19.9 Å². The van der Waals surface area contributed by atoms with E-state index >= 15 is 0 Å². The Kier molecular flexibility index (Phi) is 5.22. The monoisotopic (exact) mass is 458 g/mol. The smallest absolute Gasteiger partial charge is 0.417 e. The fraction of sp³-hybridized carbons (Fsp3) is 0.304. The van der Waals surface area contributed by atoms with Gasteiger partial charge in [-0.05, 0) is 30.9 Å². The lowest BCUT2D eigenvalue weighted by atomic mass is 10.0. The Hall–Kier alpha value is -3.56. The molecular weight excluding hydrogens is 440 g/mol. The van der Waals surface area contributed by atoms with Crippen LogP contribution in [0.15, 0.2) is 55.0 Å². The summed E-state index contributed by atoms with van der Waals surface area (Å²) in [5, 5.41) is 0. The first-order valence-electron chi connectivity index (χ1n) is 10.4. The van der Waals surface area contributed by atoms with Crippen molar-refractivity contribution in [2.24, 2.45) is 5.92 Å². The average molecular weight is 458 g/mol. The van der Waals surface area contributed by atoms with E-state index in [0.29, 0.717) is 24.1 Å². The molecule has 2 aromatic heterocycles. The molecule has 6 nitrogen and oxygen atoms in total. The molecule has 2 fully saturated rings. The minimum absolute atomic E-state index is 0.0908. The second-order valence-corrected chi connectivity index (χ2v) is 8.17. The van der Waals surface area contributed by atoms with Crippen molar-refractivity contribution in [2.45, 2.75) is 31.2 Å². The van der Waals surface area contributed by atoms with E-state index in [9.17, 15) is 22.4 Å². The maximum absolute atomic E-state index is 13.5. The van der Waals surface area contributed by atoms with Crippen molar-refractivity contribution >= 4 is 5.91 Å². The Balaban J connectivity index is 1.35. The Bertz CT molecular complexity index is 1170. The van der Waals surface area contributed by atoms with Crippen LogP contribution in [-0.2, 0) is 6.18 Å². The maximum atomic E-state index is 13.5. The second-order valence-electron chi connectivity index (χ2n) is 8.17. The van der Waals surface area contributed by atoms with Gasteiger partial charge in [0.2, 0.25) is 5.88 Å².